The summed E-state index contributed by atoms with van der Waals surface area (Å²) in [6.45, 7) is 2.25. The average Bonchev–Trinajstić information content (AvgIpc) is 3.17. The molecule has 1 amide bonds. The molecule has 0 saturated heterocycles. The topological polar surface area (TPSA) is 117 Å². The van der Waals surface area contributed by atoms with E-state index in [-0.39, 0.29) is 30.1 Å². The van der Waals surface area contributed by atoms with E-state index in [1.165, 1.54) is 4.52 Å². The van der Waals surface area contributed by atoms with Crippen molar-refractivity contribution >= 4 is 34.9 Å². The van der Waals surface area contributed by atoms with Crippen molar-refractivity contribution in [2.45, 2.75) is 26.3 Å². The van der Waals surface area contributed by atoms with E-state index < -0.39 is 0 Å². The second kappa shape index (κ2) is 8.97. The molecule has 4 rings (SSSR count). The number of hydrogen-bond acceptors (Lipinski definition) is 6. The summed E-state index contributed by atoms with van der Waals surface area (Å²) in [5.74, 6) is 0.488. The fourth-order valence-electron chi connectivity index (χ4n) is 3.11. The first-order valence-corrected chi connectivity index (χ1v) is 10.0. The number of nitrogens with zero attached hydrogens (tertiary/aromatic N) is 4. The standard InChI is InChI=1S/C21H20ClN7O2/c1-13-17(8-9-18(30)26-16-3-2-10-23-12-16)19(31)29-21(25-13)27-20(28-29)24-11-14-4-6-15(22)7-5-14/h2-7,10,12H,8-9,11H2,1H3,(H,26,30)(H2,24,25,27,28). The lowest BCUT2D eigenvalue weighted by atomic mass is 10.1. The van der Waals surface area contributed by atoms with Gasteiger partial charge in [-0.05, 0) is 43.2 Å². The second-order valence-electron chi connectivity index (χ2n) is 6.96. The zero-order valence-electron chi connectivity index (χ0n) is 16.7. The highest BCUT2D eigenvalue weighted by Crippen LogP contribution is 2.12. The molecule has 0 fully saturated rings. The molecule has 158 valence electrons. The van der Waals surface area contributed by atoms with Gasteiger partial charge in [-0.3, -0.25) is 19.7 Å². The van der Waals surface area contributed by atoms with Gasteiger partial charge in [0, 0.05) is 29.7 Å². The Morgan fingerprint density at radius 1 is 1.19 bits per heavy atom. The fraction of sp³-hybridized carbons (Fsp3) is 0.190. The Kier molecular flexibility index (Phi) is 5.94. The molecule has 1 aromatic carbocycles. The van der Waals surface area contributed by atoms with Gasteiger partial charge in [-0.15, -0.1) is 0 Å². The van der Waals surface area contributed by atoms with Gasteiger partial charge in [0.25, 0.3) is 11.3 Å². The van der Waals surface area contributed by atoms with Gasteiger partial charge >= 0.3 is 0 Å². The number of aromatic amines is 1. The zero-order valence-corrected chi connectivity index (χ0v) is 17.5. The number of aromatic nitrogens is 5. The van der Waals surface area contributed by atoms with E-state index in [1.54, 1.807) is 31.5 Å². The van der Waals surface area contributed by atoms with Crippen LogP contribution in [0.2, 0.25) is 5.02 Å². The van der Waals surface area contributed by atoms with Crippen molar-refractivity contribution in [1.29, 1.82) is 0 Å². The summed E-state index contributed by atoms with van der Waals surface area (Å²) in [6, 6.07) is 10.9. The highest BCUT2D eigenvalue weighted by molar-refractivity contribution is 6.30. The minimum atomic E-state index is -0.274. The van der Waals surface area contributed by atoms with E-state index in [9.17, 15) is 9.59 Å². The Balaban J connectivity index is 1.46. The molecule has 31 heavy (non-hydrogen) atoms. The van der Waals surface area contributed by atoms with Crippen LogP contribution in [0.25, 0.3) is 5.78 Å². The van der Waals surface area contributed by atoms with E-state index >= 15 is 0 Å². The number of aryl methyl sites for hydroxylation is 1. The van der Waals surface area contributed by atoms with E-state index in [0.29, 0.717) is 34.5 Å². The summed E-state index contributed by atoms with van der Waals surface area (Å²) < 4.78 is 1.28. The first kappa shape index (κ1) is 20.5. The van der Waals surface area contributed by atoms with Crippen LogP contribution in [0, 0.1) is 6.92 Å². The molecule has 0 saturated carbocycles. The predicted molar refractivity (Wildman–Crippen MR) is 118 cm³/mol. The summed E-state index contributed by atoms with van der Waals surface area (Å²) in [7, 11) is 0. The smallest absolute Gasteiger partial charge is 0.277 e. The molecule has 3 N–H and O–H groups in total. The Morgan fingerprint density at radius 2 is 2.00 bits per heavy atom. The highest BCUT2D eigenvalue weighted by atomic mass is 35.5. The van der Waals surface area contributed by atoms with Crippen LogP contribution in [0.5, 0.6) is 0 Å². The lowest BCUT2D eigenvalue weighted by molar-refractivity contribution is -0.116. The highest BCUT2D eigenvalue weighted by Gasteiger charge is 2.15. The Hall–Kier alpha value is -3.72. The number of fused-ring (bicyclic) bond motifs is 1. The van der Waals surface area contributed by atoms with E-state index in [1.807, 2.05) is 24.3 Å². The summed E-state index contributed by atoms with van der Waals surface area (Å²) in [5.41, 5.74) is 2.37. The van der Waals surface area contributed by atoms with Crippen molar-refractivity contribution in [2.75, 3.05) is 10.6 Å². The Morgan fingerprint density at radius 3 is 2.74 bits per heavy atom. The average molecular weight is 438 g/mol. The van der Waals surface area contributed by atoms with Crippen molar-refractivity contribution in [3.05, 3.63) is 81.0 Å². The molecular weight excluding hydrogens is 418 g/mol. The number of rotatable bonds is 7. The van der Waals surface area contributed by atoms with Crippen molar-refractivity contribution in [1.82, 2.24) is 24.6 Å². The Labute approximate surface area is 182 Å². The number of carbonyl (C=O) groups is 1. The number of pyridine rings is 1. The van der Waals surface area contributed by atoms with Gasteiger partial charge < -0.3 is 10.6 Å². The number of H-pyrrole nitrogens is 1. The summed E-state index contributed by atoms with van der Waals surface area (Å²) in [6.07, 6.45) is 3.60. The van der Waals surface area contributed by atoms with E-state index in [4.69, 9.17) is 11.6 Å². The molecular formula is C21H20ClN7O2. The van der Waals surface area contributed by atoms with Crippen LogP contribution in [-0.4, -0.2) is 30.5 Å². The lowest BCUT2D eigenvalue weighted by Crippen LogP contribution is -2.23. The molecule has 10 heteroatoms. The zero-order chi connectivity index (χ0) is 21.8. The minimum absolute atomic E-state index is 0.147. The van der Waals surface area contributed by atoms with Gasteiger partial charge in [-0.25, -0.2) is 4.98 Å². The number of carbonyl (C=O) groups excluding carboxylic acids is 1. The number of anilines is 2. The molecule has 0 bridgehead atoms. The second-order valence-corrected chi connectivity index (χ2v) is 7.39. The summed E-state index contributed by atoms with van der Waals surface area (Å²) >= 11 is 5.90. The molecule has 0 aliphatic carbocycles. The SMILES string of the molecule is Cc1nc2nc(NCc3ccc(Cl)cc3)[nH]n2c(=O)c1CCC(=O)Nc1cccnc1. The predicted octanol–water partition coefficient (Wildman–Crippen LogP) is 2.96. The van der Waals surface area contributed by atoms with Crippen LogP contribution in [0.4, 0.5) is 11.6 Å². The Bertz CT molecular complexity index is 1270. The normalized spacial score (nSPS) is 10.9. The number of nitrogens with one attached hydrogen (secondary N) is 3. The third-order valence-corrected chi connectivity index (χ3v) is 4.97. The van der Waals surface area contributed by atoms with Gasteiger partial charge in [0.15, 0.2) is 0 Å². The van der Waals surface area contributed by atoms with Crippen molar-refractivity contribution in [3.63, 3.8) is 0 Å². The monoisotopic (exact) mass is 437 g/mol. The van der Waals surface area contributed by atoms with Crippen molar-refractivity contribution in [3.8, 4) is 0 Å². The summed E-state index contributed by atoms with van der Waals surface area (Å²) in [4.78, 5) is 37.8. The molecule has 0 atom stereocenters. The molecule has 3 aromatic heterocycles. The van der Waals surface area contributed by atoms with Crippen LogP contribution in [0.3, 0.4) is 0 Å². The molecule has 9 nitrogen and oxygen atoms in total. The van der Waals surface area contributed by atoms with Crippen LogP contribution < -0.4 is 16.2 Å². The maximum absolute atomic E-state index is 12.9. The number of halogens is 1. The van der Waals surface area contributed by atoms with E-state index in [0.717, 1.165) is 5.56 Å². The molecule has 0 unspecified atom stereocenters. The van der Waals surface area contributed by atoms with Gasteiger partial charge in [-0.2, -0.15) is 9.50 Å². The fourth-order valence-corrected chi connectivity index (χ4v) is 3.23. The van der Waals surface area contributed by atoms with Gasteiger partial charge in [0.1, 0.15) is 0 Å². The minimum Gasteiger partial charge on any atom is -0.351 e. The third kappa shape index (κ3) is 4.89. The maximum atomic E-state index is 12.9. The van der Waals surface area contributed by atoms with Gasteiger partial charge in [-0.1, -0.05) is 23.7 Å². The summed E-state index contributed by atoms with van der Waals surface area (Å²) in [5, 5.41) is 9.49. The number of benzene rings is 1. The van der Waals surface area contributed by atoms with Gasteiger partial charge in [0.2, 0.25) is 11.9 Å². The van der Waals surface area contributed by atoms with Crippen LogP contribution in [-0.2, 0) is 17.8 Å². The van der Waals surface area contributed by atoms with Gasteiger partial charge in [0.05, 0.1) is 17.6 Å². The molecule has 4 aromatic rings. The maximum Gasteiger partial charge on any atom is 0.277 e. The first-order chi connectivity index (χ1) is 15.0. The van der Waals surface area contributed by atoms with Crippen molar-refractivity contribution < 1.29 is 4.79 Å². The lowest BCUT2D eigenvalue weighted by Gasteiger charge is -2.06. The molecule has 0 aliphatic rings. The van der Waals surface area contributed by atoms with Crippen molar-refractivity contribution in [2.24, 2.45) is 0 Å². The van der Waals surface area contributed by atoms with Crippen LogP contribution in [0.1, 0.15) is 23.2 Å². The quantitative estimate of drug-likeness (QED) is 0.409. The number of hydrogen-bond donors (Lipinski definition) is 3. The first-order valence-electron chi connectivity index (χ1n) is 9.66. The molecule has 0 spiro atoms. The third-order valence-electron chi connectivity index (χ3n) is 4.72. The molecule has 3 heterocycles. The molecule has 0 aliphatic heterocycles. The largest absolute Gasteiger partial charge is 0.351 e. The van der Waals surface area contributed by atoms with Crippen LogP contribution in [0.15, 0.2) is 53.6 Å². The van der Waals surface area contributed by atoms with E-state index in [2.05, 4.69) is 30.7 Å². The van der Waals surface area contributed by atoms with Crippen LogP contribution >= 0.6 is 11.6 Å². The molecule has 0 radical (unpaired) electrons. The number of amides is 1.